The van der Waals surface area contributed by atoms with Crippen LogP contribution in [0.2, 0.25) is 0 Å². The zero-order valence-electron chi connectivity index (χ0n) is 27.1. The van der Waals surface area contributed by atoms with Crippen molar-refractivity contribution in [2.24, 2.45) is 0 Å². The van der Waals surface area contributed by atoms with Crippen molar-refractivity contribution in [2.45, 2.75) is 18.3 Å². The summed E-state index contributed by atoms with van der Waals surface area (Å²) in [6.45, 7) is 0. The van der Waals surface area contributed by atoms with Gasteiger partial charge in [-0.1, -0.05) is 164 Å². The molecule has 0 fully saturated rings. The molecule has 2 nitrogen and oxygen atoms in total. The van der Waals surface area contributed by atoms with E-state index < -0.39 is 5.41 Å². The summed E-state index contributed by atoms with van der Waals surface area (Å²) >= 11 is 0. The van der Waals surface area contributed by atoms with Gasteiger partial charge in [0.1, 0.15) is 0 Å². The molecule has 1 aromatic heterocycles. The van der Waals surface area contributed by atoms with Crippen LogP contribution in [0, 0.1) is 0 Å². The van der Waals surface area contributed by atoms with Crippen molar-refractivity contribution in [3.63, 3.8) is 0 Å². The topological polar surface area (TPSA) is 25.8 Å². The number of hydrogen-bond donors (Lipinski definition) is 0. The van der Waals surface area contributed by atoms with Gasteiger partial charge in [0, 0.05) is 16.7 Å². The summed E-state index contributed by atoms with van der Waals surface area (Å²) in [5.41, 5.74) is 15.0. The number of nitrogens with zero attached hydrogens (tertiary/aromatic N) is 2. The van der Waals surface area contributed by atoms with E-state index in [1.807, 2.05) is 12.1 Å². The smallest absolute Gasteiger partial charge is 0.160 e. The Bertz CT molecular complexity index is 2260. The minimum Gasteiger partial charge on any atom is -0.228 e. The summed E-state index contributed by atoms with van der Waals surface area (Å²) in [7, 11) is 0. The van der Waals surface area contributed by atoms with Gasteiger partial charge in [-0.25, -0.2) is 9.97 Å². The van der Waals surface area contributed by atoms with Gasteiger partial charge in [-0.15, -0.1) is 0 Å². The molecule has 0 saturated heterocycles. The van der Waals surface area contributed by atoms with Gasteiger partial charge in [-0.2, -0.15) is 0 Å². The first-order valence-electron chi connectivity index (χ1n) is 17.1. The molecule has 9 rings (SSSR count). The molecule has 49 heavy (non-hydrogen) atoms. The summed E-state index contributed by atoms with van der Waals surface area (Å²) in [6, 6.07) is 60.7. The lowest BCUT2D eigenvalue weighted by atomic mass is 9.66. The average molecular weight is 627 g/mol. The van der Waals surface area contributed by atoms with Gasteiger partial charge in [0.25, 0.3) is 0 Å². The Hall–Kier alpha value is -6.12. The molecule has 2 heteroatoms. The molecule has 0 bridgehead atoms. The maximum atomic E-state index is 5.12. The molecule has 232 valence electrons. The molecule has 2 aliphatic carbocycles. The number of aromatic nitrogens is 2. The predicted molar refractivity (Wildman–Crippen MR) is 202 cm³/mol. The third kappa shape index (κ3) is 4.96. The average Bonchev–Trinajstić information content (AvgIpc) is 3.49. The molecule has 1 heterocycles. The lowest BCUT2D eigenvalue weighted by Crippen LogP contribution is -2.29. The minimum absolute atomic E-state index is 0.393. The van der Waals surface area contributed by atoms with E-state index >= 15 is 0 Å². The molecule has 2 aliphatic rings. The number of hydrogen-bond acceptors (Lipinski definition) is 2. The number of rotatable bonds is 6. The van der Waals surface area contributed by atoms with Crippen LogP contribution < -0.4 is 0 Å². The van der Waals surface area contributed by atoms with Gasteiger partial charge in [-0.05, 0) is 75.6 Å². The second kappa shape index (κ2) is 12.2. The fourth-order valence-electron chi connectivity index (χ4n) is 7.83. The Morgan fingerprint density at radius 2 is 0.980 bits per heavy atom. The van der Waals surface area contributed by atoms with Gasteiger partial charge in [0.2, 0.25) is 0 Å². The maximum Gasteiger partial charge on any atom is 0.160 e. The van der Waals surface area contributed by atoms with Gasteiger partial charge in [0.05, 0.1) is 16.8 Å². The second-order valence-electron chi connectivity index (χ2n) is 12.9. The zero-order chi connectivity index (χ0) is 32.6. The number of fused-ring (bicyclic) bond motifs is 2. The zero-order valence-corrected chi connectivity index (χ0v) is 27.1. The lowest BCUT2D eigenvalue weighted by Gasteiger charge is -2.35. The normalized spacial score (nSPS) is 14.4. The van der Waals surface area contributed by atoms with E-state index in [0.717, 1.165) is 46.5 Å². The van der Waals surface area contributed by atoms with Crippen molar-refractivity contribution in [2.75, 3.05) is 0 Å². The Labute approximate surface area is 287 Å². The van der Waals surface area contributed by atoms with Crippen LogP contribution in [0.25, 0.3) is 50.6 Å². The highest BCUT2D eigenvalue weighted by molar-refractivity contribution is 5.90. The van der Waals surface area contributed by atoms with Crippen molar-refractivity contribution < 1.29 is 0 Å². The van der Waals surface area contributed by atoms with Crippen LogP contribution in [-0.2, 0) is 5.41 Å². The highest BCUT2D eigenvalue weighted by Gasteiger charge is 2.47. The highest BCUT2D eigenvalue weighted by Crippen LogP contribution is 2.57. The van der Waals surface area contributed by atoms with Crippen LogP contribution in [0.1, 0.15) is 35.1 Å². The van der Waals surface area contributed by atoms with E-state index in [2.05, 4.69) is 170 Å². The molecule has 7 aromatic rings. The first-order valence-corrected chi connectivity index (χ1v) is 17.1. The van der Waals surface area contributed by atoms with Crippen molar-refractivity contribution >= 4 is 5.57 Å². The molecule has 0 atom stereocenters. The van der Waals surface area contributed by atoms with Crippen LogP contribution in [0.4, 0.5) is 0 Å². The van der Waals surface area contributed by atoms with Gasteiger partial charge in [-0.3, -0.25) is 0 Å². The third-order valence-electron chi connectivity index (χ3n) is 10.1. The number of benzene rings is 6. The summed E-state index contributed by atoms with van der Waals surface area (Å²) in [5, 5.41) is 0. The van der Waals surface area contributed by atoms with Crippen LogP contribution in [0.5, 0.6) is 0 Å². The fourth-order valence-corrected chi connectivity index (χ4v) is 7.83. The van der Waals surface area contributed by atoms with Crippen LogP contribution in [-0.4, -0.2) is 9.97 Å². The van der Waals surface area contributed by atoms with Crippen molar-refractivity contribution in [3.8, 4) is 45.0 Å². The quantitative estimate of drug-likeness (QED) is 0.184. The Kier molecular flexibility index (Phi) is 7.21. The first kappa shape index (κ1) is 29.1. The fraction of sp³-hybridized carbons (Fsp3) is 0.0638. The van der Waals surface area contributed by atoms with E-state index in [9.17, 15) is 0 Å². The van der Waals surface area contributed by atoms with E-state index in [1.54, 1.807) is 0 Å². The van der Waals surface area contributed by atoms with Gasteiger partial charge in [0.15, 0.2) is 5.82 Å². The summed E-state index contributed by atoms with van der Waals surface area (Å²) < 4.78 is 0. The maximum absolute atomic E-state index is 5.12. The van der Waals surface area contributed by atoms with Crippen molar-refractivity contribution in [1.82, 2.24) is 9.97 Å². The Morgan fingerprint density at radius 3 is 1.59 bits per heavy atom. The monoisotopic (exact) mass is 626 g/mol. The van der Waals surface area contributed by atoms with Crippen molar-refractivity contribution in [3.05, 3.63) is 210 Å². The van der Waals surface area contributed by atoms with Crippen LogP contribution in [0.15, 0.2) is 188 Å². The Balaban J connectivity index is 1.21. The highest BCUT2D eigenvalue weighted by atomic mass is 14.9. The molecule has 0 unspecified atom stereocenters. The molecule has 0 radical (unpaired) electrons. The molecule has 6 aromatic carbocycles. The minimum atomic E-state index is -0.393. The molecule has 0 amide bonds. The molecular weight excluding hydrogens is 593 g/mol. The van der Waals surface area contributed by atoms with E-state index in [1.165, 1.54) is 39.0 Å². The first-order chi connectivity index (χ1) is 24.3. The van der Waals surface area contributed by atoms with E-state index in [4.69, 9.17) is 9.97 Å². The summed E-state index contributed by atoms with van der Waals surface area (Å²) in [6.07, 6.45) is 6.85. The Morgan fingerprint density at radius 1 is 0.449 bits per heavy atom. The predicted octanol–water partition coefficient (Wildman–Crippen LogP) is 11.6. The van der Waals surface area contributed by atoms with Crippen LogP contribution >= 0.6 is 0 Å². The molecular formula is C47H34N2. The SMILES string of the molecule is C1=CC2=C(CC1)c1ccc(-c3cccc(-c4nc(-c5ccccc5)cc(-c5ccccc5)n4)c3)cc1C2(c1ccccc1)c1ccccc1. The standard InChI is InChI=1S/C47H34N2/c1-5-16-33(17-6-1)44-32-45(34-18-7-2-8-19-34)49-46(48-44)37-21-15-20-35(30-37)36-28-29-41-40-26-13-14-27-42(40)47(43(41)31-36,38-22-9-3-10-23-38)39-24-11-4-12-25-39/h1-12,14-25,27-32H,13,26H2. The van der Waals surface area contributed by atoms with Crippen molar-refractivity contribution in [1.29, 1.82) is 0 Å². The molecule has 0 N–H and O–H groups in total. The molecule has 0 aliphatic heterocycles. The van der Waals surface area contributed by atoms with E-state index in [0.29, 0.717) is 5.82 Å². The van der Waals surface area contributed by atoms with Gasteiger partial charge < -0.3 is 0 Å². The molecule has 0 spiro atoms. The largest absolute Gasteiger partial charge is 0.228 e. The molecule has 0 saturated carbocycles. The third-order valence-corrected chi connectivity index (χ3v) is 10.1. The second-order valence-corrected chi connectivity index (χ2v) is 12.9. The van der Waals surface area contributed by atoms with Crippen LogP contribution in [0.3, 0.4) is 0 Å². The number of allylic oxidation sites excluding steroid dienone is 4. The van der Waals surface area contributed by atoms with E-state index in [-0.39, 0.29) is 0 Å². The summed E-state index contributed by atoms with van der Waals surface area (Å²) in [5.74, 6) is 0.716. The van der Waals surface area contributed by atoms with Gasteiger partial charge >= 0.3 is 0 Å². The lowest BCUT2D eigenvalue weighted by molar-refractivity contribution is 0.757. The summed E-state index contributed by atoms with van der Waals surface area (Å²) in [4.78, 5) is 10.2.